The zero-order valence-corrected chi connectivity index (χ0v) is 49.1. The Labute approximate surface area is 515 Å². The van der Waals surface area contributed by atoms with Crippen LogP contribution in [-0.4, -0.2) is 389 Å². The summed E-state index contributed by atoms with van der Waals surface area (Å²) in [6, 6.07) is -5.37. The van der Waals surface area contributed by atoms with E-state index in [1.54, 1.807) is 0 Å². The van der Waals surface area contributed by atoms with Gasteiger partial charge in [-0.2, -0.15) is 8.42 Å². The highest BCUT2D eigenvalue weighted by Crippen LogP contribution is 2.38. The maximum absolute atomic E-state index is 12.8. The van der Waals surface area contributed by atoms with Gasteiger partial charge in [-0.05, 0) is 0 Å². The minimum atomic E-state index is -5.26. The summed E-state index contributed by atoms with van der Waals surface area (Å²) in [5, 5.41) is 216. The third kappa shape index (κ3) is 17.4. The van der Waals surface area contributed by atoms with Gasteiger partial charge < -0.3 is 175 Å². The molecule has 0 radical (unpaired) electrons. The lowest BCUT2D eigenvalue weighted by molar-refractivity contribution is -0.395. The predicted octanol–water partition coefficient (Wildman–Crippen LogP) is -16.0. The van der Waals surface area contributed by atoms with Crippen LogP contribution in [0.2, 0.25) is 0 Å². The van der Waals surface area contributed by atoms with Crippen LogP contribution in [0, 0.1) is 0 Å². The molecule has 7 fully saturated rings. The van der Waals surface area contributed by atoms with Gasteiger partial charge in [-0.15, -0.1) is 0 Å². The predicted molar refractivity (Wildman–Crippen MR) is 277 cm³/mol. The molecule has 0 aromatic rings. The fraction of sp³-hybridized carbons (Fsp3) is 0.938. The quantitative estimate of drug-likeness (QED) is 0.0399. The number of carbonyl (C=O) groups is 3. The van der Waals surface area contributed by atoms with Crippen molar-refractivity contribution in [1.29, 1.82) is 0 Å². The van der Waals surface area contributed by atoms with E-state index in [1.165, 1.54) is 0 Å². The van der Waals surface area contributed by atoms with Crippen molar-refractivity contribution in [1.82, 2.24) is 16.0 Å². The van der Waals surface area contributed by atoms with Crippen molar-refractivity contribution in [3.8, 4) is 0 Å². The zero-order valence-electron chi connectivity index (χ0n) is 48.3. The number of aliphatic hydroxyl groups is 19. The summed E-state index contributed by atoms with van der Waals surface area (Å²) in [6.07, 6.45) is -66.2. The lowest BCUT2D eigenvalue weighted by Crippen LogP contribution is -2.70. The number of ether oxygens (including phenoxy) is 13. The Morgan fingerprint density at radius 2 is 0.692 bits per heavy atom. The Balaban J connectivity index is 1.23. The molecule has 7 aliphatic rings. The second-order valence-corrected chi connectivity index (χ2v) is 23.4. The van der Waals surface area contributed by atoms with Crippen molar-refractivity contribution in [3.63, 3.8) is 0 Å². The van der Waals surface area contributed by atoms with Crippen LogP contribution in [0.5, 0.6) is 0 Å². The molecule has 0 saturated carbocycles. The Morgan fingerprint density at radius 1 is 0.341 bits per heavy atom. The first kappa shape index (κ1) is 75.4. The first-order chi connectivity index (χ1) is 42.8. The average molecular weight is 1360 g/mol. The van der Waals surface area contributed by atoms with Gasteiger partial charge in [0.2, 0.25) is 17.7 Å². The fourth-order valence-corrected chi connectivity index (χ4v) is 11.5. The van der Waals surface area contributed by atoms with Gasteiger partial charge in [0.25, 0.3) is 0 Å². The van der Waals surface area contributed by atoms with Crippen molar-refractivity contribution >= 4 is 28.1 Å². The third-order valence-corrected chi connectivity index (χ3v) is 16.4. The third-order valence-electron chi connectivity index (χ3n) is 15.9. The molecule has 7 aliphatic heterocycles. The Kier molecular flexibility index (Phi) is 26.8. The number of rotatable bonds is 24. The number of hydrogen-bond donors (Lipinski definition) is 23. The van der Waals surface area contributed by atoms with Crippen LogP contribution in [0.15, 0.2) is 0 Å². The minimum absolute atomic E-state index is 0.765. The molecule has 0 unspecified atom stereocenters. The van der Waals surface area contributed by atoms with Crippen LogP contribution in [0.4, 0.5) is 0 Å². The molecule has 7 saturated heterocycles. The van der Waals surface area contributed by atoms with Crippen LogP contribution in [0.25, 0.3) is 0 Å². The molecule has 528 valence electrons. The first-order valence-corrected chi connectivity index (χ1v) is 29.6. The highest BCUT2D eigenvalue weighted by atomic mass is 32.3. The largest absolute Gasteiger partial charge is 0.397 e. The molecule has 7 rings (SSSR count). The van der Waals surface area contributed by atoms with Gasteiger partial charge in [-0.1, -0.05) is 0 Å². The van der Waals surface area contributed by atoms with Gasteiger partial charge in [0.1, 0.15) is 171 Å². The number of amides is 3. The first-order valence-electron chi connectivity index (χ1n) is 28.3. The van der Waals surface area contributed by atoms with Crippen molar-refractivity contribution in [2.45, 2.75) is 236 Å². The molecule has 0 spiro atoms. The molecular formula is C48H81N3O39S. The summed E-state index contributed by atoms with van der Waals surface area (Å²) in [7, 11) is -5.26. The number of nitrogens with one attached hydrogen (secondary N) is 3. The molecule has 7 heterocycles. The second-order valence-electron chi connectivity index (χ2n) is 22.3. The van der Waals surface area contributed by atoms with Gasteiger partial charge >= 0.3 is 10.4 Å². The highest BCUT2D eigenvalue weighted by molar-refractivity contribution is 7.80. The Bertz CT molecular complexity index is 2450. The molecule has 91 heavy (non-hydrogen) atoms. The van der Waals surface area contributed by atoms with Gasteiger partial charge in [0, 0.05) is 20.8 Å². The molecule has 0 aromatic carbocycles. The van der Waals surface area contributed by atoms with Crippen molar-refractivity contribution in [2.24, 2.45) is 0 Å². The van der Waals surface area contributed by atoms with Gasteiger partial charge in [0.05, 0.1) is 46.2 Å². The molecule has 42 nitrogen and oxygen atoms in total. The number of hydrogen-bond acceptors (Lipinski definition) is 38. The van der Waals surface area contributed by atoms with E-state index in [0.29, 0.717) is 0 Å². The highest BCUT2D eigenvalue weighted by Gasteiger charge is 2.59. The Morgan fingerprint density at radius 3 is 1.23 bits per heavy atom. The molecular weight excluding hydrogens is 1270 g/mol. The topological polar surface area (TPSA) is 655 Å². The summed E-state index contributed by atoms with van der Waals surface area (Å²) >= 11 is 0. The molecule has 35 atom stereocenters. The monoisotopic (exact) mass is 1360 g/mol. The van der Waals surface area contributed by atoms with Gasteiger partial charge in [0.15, 0.2) is 44.0 Å². The zero-order chi connectivity index (χ0) is 67.4. The van der Waals surface area contributed by atoms with Gasteiger partial charge in [-0.25, -0.2) is 4.18 Å². The smallest absolute Gasteiger partial charge is 0.394 e. The normalized spacial score (nSPS) is 47.5. The van der Waals surface area contributed by atoms with E-state index >= 15 is 0 Å². The lowest BCUT2D eigenvalue weighted by atomic mass is 9.94. The molecule has 3 amide bonds. The summed E-state index contributed by atoms with van der Waals surface area (Å²) < 4.78 is 112. The van der Waals surface area contributed by atoms with E-state index in [2.05, 4.69) is 20.1 Å². The lowest BCUT2D eigenvalue weighted by Gasteiger charge is -2.51. The van der Waals surface area contributed by atoms with E-state index in [-0.39, 0.29) is 0 Å². The van der Waals surface area contributed by atoms with E-state index < -0.39 is 289 Å². The maximum atomic E-state index is 12.8. The maximum Gasteiger partial charge on any atom is 0.397 e. The molecule has 0 bridgehead atoms. The summed E-state index contributed by atoms with van der Waals surface area (Å²) in [5.74, 6) is -2.60. The van der Waals surface area contributed by atoms with E-state index in [9.17, 15) is 124 Å². The van der Waals surface area contributed by atoms with Crippen molar-refractivity contribution in [2.75, 3.05) is 46.2 Å². The Hall–Kier alpha value is -3.00. The van der Waals surface area contributed by atoms with Gasteiger partial charge in [-0.3, -0.25) is 18.9 Å². The number of carbonyl (C=O) groups excluding carboxylic acids is 3. The standard InChI is InChI=1S/C48H81N3O39S/c1-11(57)49-21-30(66)37(17(7-55)79-42(21)73)86-44-23(51-13(3)59)31(67)38(18(8-56)83-44)87-47-36(72)40(28(64)19(85-47)9-77-45-35(71)39(27(63)16(6-54)80-45)88-46-34(70)32(68)24(60)14(4-52)81-46)89-48-41(33(69)25(61)15(5-53)82-48)90-43-22(50-12(2)58)29(65)26(62)20(84-43)10-78-91(74,75)76/h14-48,52-56,60-73H,4-10H2,1-3H3,(H,49,57)(H,50,58)(H,51,59)(H,74,75,76)/t14-,15-,16-,17-,18-,19-,20-,21-,22-,23-,24-,25-,26-,27-,28-,29-,30-,31-,32+,33+,34+,35+,36+,37-,38-,39+,40+,41+,42-,43+,44+,45+,46-,47+,48-/m1/s1. The molecule has 0 aliphatic carbocycles. The van der Waals surface area contributed by atoms with E-state index in [0.717, 1.165) is 20.8 Å². The molecule has 23 N–H and O–H groups in total. The van der Waals surface area contributed by atoms with Crippen LogP contribution in [0.3, 0.4) is 0 Å². The van der Waals surface area contributed by atoms with Crippen LogP contribution < -0.4 is 16.0 Å². The molecule has 43 heteroatoms. The van der Waals surface area contributed by atoms with Crippen molar-refractivity contribution in [3.05, 3.63) is 0 Å². The SMILES string of the molecule is CC(=O)N[C@@H]1[C@@H](O)[C@H](O[C@@H]2O[C@H](CO)[C@@H](O[C@@H]3O[C@H](CO[C@H]4O[C@H](CO)[C@@H](O)[C@H](O[C@H]5O[C@H](CO)[C@@H](O)[C@H](O)[C@@H]5O)[C@@H]4O)[C@@H](O)[C@H](O[C@H]4O[C@H](CO)[C@@H](O)[C@H](O)[C@@H]4O[C@@H]4O[C@H](COS(=O)(=O)O)[C@@H](O)[C@H](O)[C@H]4NC(C)=O)[C@@H]3O)[C@H](O)[C@H]2NC(C)=O)[C@@H](CO)O[C@H]1O. The summed E-state index contributed by atoms with van der Waals surface area (Å²) in [4.78, 5) is 37.2. The second kappa shape index (κ2) is 32.4. The van der Waals surface area contributed by atoms with Crippen LogP contribution in [-0.2, 0) is 90.5 Å². The minimum Gasteiger partial charge on any atom is -0.394 e. The van der Waals surface area contributed by atoms with Crippen molar-refractivity contribution < 1.29 is 190 Å². The van der Waals surface area contributed by atoms with Crippen LogP contribution in [0.1, 0.15) is 20.8 Å². The number of aliphatic hydroxyl groups excluding tert-OH is 19. The van der Waals surface area contributed by atoms with Crippen LogP contribution >= 0.6 is 0 Å². The van der Waals surface area contributed by atoms with E-state index in [1.807, 2.05) is 0 Å². The fourth-order valence-electron chi connectivity index (χ4n) is 11.2. The average Bonchev–Trinajstić information content (AvgIpc) is 1.14. The summed E-state index contributed by atoms with van der Waals surface area (Å²) in [5.41, 5.74) is 0. The molecule has 0 aromatic heterocycles. The summed E-state index contributed by atoms with van der Waals surface area (Å²) in [6.45, 7) is -4.69. The van der Waals surface area contributed by atoms with E-state index in [4.69, 9.17) is 61.6 Å².